The summed E-state index contributed by atoms with van der Waals surface area (Å²) in [5, 5.41) is 11.4. The highest BCUT2D eigenvalue weighted by molar-refractivity contribution is 6.62. The summed E-state index contributed by atoms with van der Waals surface area (Å²) in [5.74, 6) is 0. The average molecular weight is 353 g/mol. The molecular weight excluding hydrogens is 329 g/mol. The first-order valence-corrected chi connectivity index (χ1v) is 8.70. The number of nitrogens with one attached hydrogen (secondary N) is 1. The van der Waals surface area contributed by atoms with E-state index in [2.05, 4.69) is 5.32 Å². The van der Waals surface area contributed by atoms with Gasteiger partial charge in [0.2, 0.25) is 0 Å². The topological polar surface area (TPSA) is 67.8 Å². The van der Waals surface area contributed by atoms with E-state index in [1.807, 2.05) is 76.2 Å². The third-order valence-corrected chi connectivity index (χ3v) is 5.17. The number of benzene rings is 2. The van der Waals surface area contributed by atoms with Gasteiger partial charge in [0, 0.05) is 6.54 Å². The molecule has 1 aliphatic heterocycles. The predicted octanol–water partition coefficient (Wildman–Crippen LogP) is 3.42. The van der Waals surface area contributed by atoms with Crippen LogP contribution in [0.3, 0.4) is 0 Å². The Labute approximate surface area is 154 Å². The molecule has 0 saturated carbocycles. The van der Waals surface area contributed by atoms with E-state index in [0.29, 0.717) is 0 Å². The highest BCUT2D eigenvalue weighted by atomic mass is 16.7. The Morgan fingerprint density at radius 2 is 1.65 bits per heavy atom. The number of hydrogen-bond acceptors (Lipinski definition) is 3. The number of carboxylic acid groups (broad SMARTS) is 1. The lowest BCUT2D eigenvalue weighted by molar-refractivity contribution is 0.00578. The molecule has 136 valence electrons. The van der Waals surface area contributed by atoms with Crippen LogP contribution < -0.4 is 10.8 Å². The van der Waals surface area contributed by atoms with Crippen LogP contribution in [-0.4, -0.2) is 29.5 Å². The molecule has 6 heteroatoms. The van der Waals surface area contributed by atoms with E-state index in [1.54, 1.807) is 0 Å². The van der Waals surface area contributed by atoms with Crippen LogP contribution in [0.15, 0.2) is 48.5 Å². The fraction of sp³-hybridized carbons (Fsp3) is 0.350. The first-order chi connectivity index (χ1) is 12.2. The summed E-state index contributed by atoms with van der Waals surface area (Å²) < 4.78 is 12.3. The van der Waals surface area contributed by atoms with Crippen molar-refractivity contribution in [2.75, 3.05) is 0 Å². The lowest BCUT2D eigenvalue weighted by Crippen LogP contribution is -2.41. The third-order valence-electron chi connectivity index (χ3n) is 5.17. The Morgan fingerprint density at radius 3 is 2.23 bits per heavy atom. The fourth-order valence-corrected chi connectivity index (χ4v) is 2.93. The van der Waals surface area contributed by atoms with Gasteiger partial charge < -0.3 is 19.7 Å². The second-order valence-electron chi connectivity index (χ2n) is 7.53. The summed E-state index contributed by atoms with van der Waals surface area (Å²) in [6.07, 6.45) is -1.04. The lowest BCUT2D eigenvalue weighted by atomic mass is 9.77. The van der Waals surface area contributed by atoms with Gasteiger partial charge in [-0.3, -0.25) is 0 Å². The molecule has 5 nitrogen and oxygen atoms in total. The summed E-state index contributed by atoms with van der Waals surface area (Å²) in [4.78, 5) is 10.9. The quantitative estimate of drug-likeness (QED) is 0.827. The van der Waals surface area contributed by atoms with Crippen molar-refractivity contribution < 1.29 is 19.2 Å². The molecule has 0 spiro atoms. The van der Waals surface area contributed by atoms with Gasteiger partial charge in [0.05, 0.1) is 11.2 Å². The summed E-state index contributed by atoms with van der Waals surface area (Å²) in [6.45, 7) is 8.34. The van der Waals surface area contributed by atoms with Crippen molar-refractivity contribution in [3.63, 3.8) is 0 Å². The van der Waals surface area contributed by atoms with Crippen molar-refractivity contribution >= 4 is 18.7 Å². The van der Waals surface area contributed by atoms with Gasteiger partial charge in [0.25, 0.3) is 0 Å². The molecular formula is C20H24BNO4. The van der Waals surface area contributed by atoms with E-state index in [4.69, 9.17) is 14.4 Å². The first kappa shape index (κ1) is 18.5. The third kappa shape index (κ3) is 3.62. The van der Waals surface area contributed by atoms with E-state index in [-0.39, 0.29) is 6.54 Å². The van der Waals surface area contributed by atoms with Crippen molar-refractivity contribution in [3.8, 4) is 11.1 Å². The summed E-state index contributed by atoms with van der Waals surface area (Å²) in [5.41, 5.74) is 2.99. The summed E-state index contributed by atoms with van der Waals surface area (Å²) in [6, 6.07) is 15.8. The highest BCUT2D eigenvalue weighted by Crippen LogP contribution is 2.36. The van der Waals surface area contributed by atoms with Crippen LogP contribution in [0.1, 0.15) is 33.3 Å². The van der Waals surface area contributed by atoms with Crippen LogP contribution in [-0.2, 0) is 15.9 Å². The predicted molar refractivity (Wildman–Crippen MR) is 102 cm³/mol. The van der Waals surface area contributed by atoms with Crippen molar-refractivity contribution in [2.45, 2.75) is 45.4 Å². The summed E-state index contributed by atoms with van der Waals surface area (Å²) in [7, 11) is -0.455. The minimum absolute atomic E-state index is 0.239. The molecule has 1 fully saturated rings. The van der Waals surface area contributed by atoms with Crippen LogP contribution in [0.4, 0.5) is 4.79 Å². The molecule has 26 heavy (non-hydrogen) atoms. The molecule has 0 aliphatic carbocycles. The summed E-state index contributed by atoms with van der Waals surface area (Å²) >= 11 is 0. The normalized spacial score (nSPS) is 17.9. The molecule has 3 rings (SSSR count). The molecule has 0 bridgehead atoms. The van der Waals surface area contributed by atoms with Crippen LogP contribution >= 0.6 is 0 Å². The van der Waals surface area contributed by atoms with Gasteiger partial charge in [-0.1, -0.05) is 48.5 Å². The minimum atomic E-state index is -1.04. The zero-order valence-electron chi connectivity index (χ0n) is 15.6. The van der Waals surface area contributed by atoms with Crippen LogP contribution in [0.25, 0.3) is 11.1 Å². The number of hydrogen-bond donors (Lipinski definition) is 2. The van der Waals surface area contributed by atoms with Crippen LogP contribution in [0, 0.1) is 0 Å². The van der Waals surface area contributed by atoms with Crippen molar-refractivity contribution in [1.29, 1.82) is 0 Å². The number of carbonyl (C=O) groups is 1. The first-order valence-electron chi connectivity index (χ1n) is 8.70. The largest absolute Gasteiger partial charge is 0.494 e. The second kappa shape index (κ2) is 6.78. The maximum atomic E-state index is 10.9. The molecule has 1 heterocycles. The molecule has 0 unspecified atom stereocenters. The van der Waals surface area contributed by atoms with Crippen molar-refractivity contribution in [1.82, 2.24) is 5.32 Å². The maximum Gasteiger partial charge on any atom is 0.494 e. The zero-order valence-corrected chi connectivity index (χ0v) is 15.6. The average Bonchev–Trinajstić information content (AvgIpc) is 2.81. The molecule has 2 N–H and O–H groups in total. The second-order valence-corrected chi connectivity index (χ2v) is 7.53. The van der Waals surface area contributed by atoms with Crippen LogP contribution in [0.5, 0.6) is 0 Å². The van der Waals surface area contributed by atoms with Gasteiger partial charge in [0.1, 0.15) is 0 Å². The van der Waals surface area contributed by atoms with Gasteiger partial charge >= 0.3 is 13.2 Å². The number of amides is 1. The van der Waals surface area contributed by atoms with Gasteiger partial charge in [-0.2, -0.15) is 0 Å². The van der Waals surface area contributed by atoms with Gasteiger partial charge in [0.15, 0.2) is 0 Å². The molecule has 1 aliphatic rings. The smallest absolute Gasteiger partial charge is 0.465 e. The van der Waals surface area contributed by atoms with Crippen molar-refractivity contribution in [3.05, 3.63) is 54.1 Å². The standard InChI is InChI=1S/C20H24BNO4/c1-19(2)20(3,4)26-21(25-19)16-11-10-15(13-22-18(23)24)17(12-16)14-8-6-5-7-9-14/h5-12,22H,13H2,1-4H3,(H,23,24). The molecule has 1 amide bonds. The maximum absolute atomic E-state index is 10.9. The monoisotopic (exact) mass is 353 g/mol. The number of rotatable bonds is 4. The minimum Gasteiger partial charge on any atom is -0.465 e. The Morgan fingerprint density at radius 1 is 1.04 bits per heavy atom. The van der Waals surface area contributed by atoms with Gasteiger partial charge in [-0.25, -0.2) is 4.79 Å². The van der Waals surface area contributed by atoms with E-state index in [1.165, 1.54) is 0 Å². The fourth-order valence-electron chi connectivity index (χ4n) is 2.93. The van der Waals surface area contributed by atoms with E-state index < -0.39 is 24.4 Å². The van der Waals surface area contributed by atoms with Gasteiger partial charge in [-0.15, -0.1) is 0 Å². The van der Waals surface area contributed by atoms with E-state index in [0.717, 1.165) is 22.2 Å². The Kier molecular flexibility index (Phi) is 4.82. The van der Waals surface area contributed by atoms with Gasteiger partial charge in [-0.05, 0) is 49.8 Å². The molecule has 0 atom stereocenters. The molecule has 2 aromatic rings. The molecule has 0 radical (unpaired) electrons. The van der Waals surface area contributed by atoms with E-state index in [9.17, 15) is 4.79 Å². The SMILES string of the molecule is CC1(C)OB(c2ccc(CNC(=O)O)c(-c3ccccc3)c2)OC1(C)C. The van der Waals surface area contributed by atoms with Crippen LogP contribution in [0.2, 0.25) is 0 Å². The molecule has 1 saturated heterocycles. The zero-order chi connectivity index (χ0) is 18.9. The lowest BCUT2D eigenvalue weighted by Gasteiger charge is -2.32. The Hall–Kier alpha value is -2.31. The Bertz CT molecular complexity index is 789. The Balaban J connectivity index is 1.98. The molecule has 2 aromatic carbocycles. The highest BCUT2D eigenvalue weighted by Gasteiger charge is 2.51. The van der Waals surface area contributed by atoms with Crippen molar-refractivity contribution in [2.24, 2.45) is 0 Å². The van der Waals surface area contributed by atoms with E-state index >= 15 is 0 Å². The molecule has 0 aromatic heterocycles.